The second kappa shape index (κ2) is 6.70. The Kier molecular flexibility index (Phi) is 4.65. The summed E-state index contributed by atoms with van der Waals surface area (Å²) in [5.41, 5.74) is 1.88. The second-order valence-corrected chi connectivity index (χ2v) is 9.38. The summed E-state index contributed by atoms with van der Waals surface area (Å²) in [4.78, 5) is 0. The molecule has 0 bridgehead atoms. The fourth-order valence-corrected chi connectivity index (χ4v) is 6.51. The molecule has 0 aliphatic heterocycles. The molecule has 124 valence electrons. The van der Waals surface area contributed by atoms with E-state index in [-0.39, 0.29) is 0 Å². The standard InChI is InChI=1S/C22H36/c1-16-6-7-17(12-16)13-18-8-9-20(14-18)22-11-10-21(15-22)19-4-2-3-5-19/h15-20,22H,2-14H2,1H3. The average Bonchev–Trinajstić information content (AvgIpc) is 3.26. The average molecular weight is 301 g/mol. The van der Waals surface area contributed by atoms with Gasteiger partial charge in [-0.3, -0.25) is 0 Å². The van der Waals surface area contributed by atoms with Gasteiger partial charge >= 0.3 is 0 Å². The third-order valence-electron chi connectivity index (χ3n) is 7.73. The predicted octanol–water partition coefficient (Wildman–Crippen LogP) is 6.76. The van der Waals surface area contributed by atoms with E-state index < -0.39 is 0 Å². The molecule has 4 aliphatic rings. The van der Waals surface area contributed by atoms with Gasteiger partial charge in [0.2, 0.25) is 0 Å². The smallest absolute Gasteiger partial charge is 0.0199 e. The molecule has 5 atom stereocenters. The summed E-state index contributed by atoms with van der Waals surface area (Å²) >= 11 is 0. The molecule has 0 amide bonds. The van der Waals surface area contributed by atoms with E-state index in [0.717, 1.165) is 35.5 Å². The number of allylic oxidation sites excluding steroid dienone is 2. The molecular formula is C22H36. The molecule has 0 spiro atoms. The molecular weight excluding hydrogens is 264 g/mol. The van der Waals surface area contributed by atoms with Gasteiger partial charge in [0.25, 0.3) is 0 Å². The monoisotopic (exact) mass is 300 g/mol. The van der Waals surface area contributed by atoms with Crippen LogP contribution in [-0.2, 0) is 0 Å². The minimum atomic E-state index is 0.975. The zero-order chi connectivity index (χ0) is 14.9. The first-order chi connectivity index (χ1) is 10.8. The van der Waals surface area contributed by atoms with Crippen LogP contribution in [0, 0.1) is 35.5 Å². The second-order valence-electron chi connectivity index (χ2n) is 9.38. The Bertz CT molecular complexity index is 400. The van der Waals surface area contributed by atoms with Crippen molar-refractivity contribution < 1.29 is 0 Å². The lowest BCUT2D eigenvalue weighted by Crippen LogP contribution is -2.08. The maximum Gasteiger partial charge on any atom is -0.0199 e. The quantitative estimate of drug-likeness (QED) is 0.503. The van der Waals surface area contributed by atoms with Crippen molar-refractivity contribution >= 4 is 0 Å². The number of hydrogen-bond acceptors (Lipinski definition) is 0. The van der Waals surface area contributed by atoms with Crippen LogP contribution in [0.2, 0.25) is 0 Å². The molecule has 0 heteroatoms. The maximum absolute atomic E-state index is 2.78. The minimum absolute atomic E-state index is 0.975. The fourth-order valence-electron chi connectivity index (χ4n) is 6.51. The van der Waals surface area contributed by atoms with Crippen molar-refractivity contribution in [1.82, 2.24) is 0 Å². The van der Waals surface area contributed by atoms with Crippen LogP contribution in [-0.4, -0.2) is 0 Å². The summed E-state index contributed by atoms with van der Waals surface area (Å²) in [6.45, 7) is 2.46. The van der Waals surface area contributed by atoms with E-state index in [1.54, 1.807) is 25.7 Å². The molecule has 3 fully saturated rings. The molecule has 0 saturated heterocycles. The van der Waals surface area contributed by atoms with Crippen LogP contribution < -0.4 is 0 Å². The van der Waals surface area contributed by atoms with Gasteiger partial charge in [0.05, 0.1) is 0 Å². The van der Waals surface area contributed by atoms with Gasteiger partial charge in [-0.05, 0) is 86.9 Å². The molecule has 0 aromatic carbocycles. The Hall–Kier alpha value is -0.260. The third-order valence-corrected chi connectivity index (χ3v) is 7.73. The molecule has 0 N–H and O–H groups in total. The zero-order valence-electron chi connectivity index (χ0n) is 14.7. The van der Waals surface area contributed by atoms with Crippen molar-refractivity contribution in [3.8, 4) is 0 Å². The normalized spacial score (nSPS) is 43.1. The van der Waals surface area contributed by atoms with Gasteiger partial charge in [-0.15, -0.1) is 0 Å². The lowest BCUT2D eigenvalue weighted by molar-refractivity contribution is 0.339. The van der Waals surface area contributed by atoms with Crippen molar-refractivity contribution in [2.45, 2.75) is 90.4 Å². The summed E-state index contributed by atoms with van der Waals surface area (Å²) < 4.78 is 0. The molecule has 22 heavy (non-hydrogen) atoms. The van der Waals surface area contributed by atoms with Crippen LogP contribution >= 0.6 is 0 Å². The third kappa shape index (κ3) is 3.31. The van der Waals surface area contributed by atoms with Gasteiger partial charge in [-0.1, -0.05) is 50.7 Å². The van der Waals surface area contributed by atoms with Gasteiger partial charge in [0, 0.05) is 0 Å². The number of hydrogen-bond donors (Lipinski definition) is 0. The topological polar surface area (TPSA) is 0 Å². The summed E-state index contributed by atoms with van der Waals surface area (Å²) in [6, 6.07) is 0. The lowest BCUT2D eigenvalue weighted by Gasteiger charge is -2.18. The predicted molar refractivity (Wildman–Crippen MR) is 94.7 cm³/mol. The fraction of sp³-hybridized carbons (Fsp3) is 0.909. The van der Waals surface area contributed by atoms with Crippen LogP contribution in [0.1, 0.15) is 90.4 Å². The van der Waals surface area contributed by atoms with Crippen molar-refractivity contribution in [3.63, 3.8) is 0 Å². The van der Waals surface area contributed by atoms with Crippen molar-refractivity contribution in [2.75, 3.05) is 0 Å². The van der Waals surface area contributed by atoms with Crippen LogP contribution in [0.4, 0.5) is 0 Å². The maximum atomic E-state index is 2.78. The van der Waals surface area contributed by atoms with Gasteiger partial charge < -0.3 is 0 Å². The first-order valence-corrected chi connectivity index (χ1v) is 10.5. The molecule has 3 saturated carbocycles. The Balaban J connectivity index is 1.28. The molecule has 0 aromatic rings. The first kappa shape index (κ1) is 15.3. The van der Waals surface area contributed by atoms with Crippen molar-refractivity contribution in [1.29, 1.82) is 0 Å². The van der Waals surface area contributed by atoms with Gasteiger partial charge in [-0.25, -0.2) is 0 Å². The largest absolute Gasteiger partial charge is 0.0816 e. The molecule has 4 rings (SSSR count). The molecule has 5 unspecified atom stereocenters. The van der Waals surface area contributed by atoms with Gasteiger partial charge in [-0.2, -0.15) is 0 Å². The Morgan fingerprint density at radius 3 is 2.41 bits per heavy atom. The zero-order valence-corrected chi connectivity index (χ0v) is 14.7. The van der Waals surface area contributed by atoms with Crippen LogP contribution in [0.3, 0.4) is 0 Å². The van der Waals surface area contributed by atoms with Gasteiger partial charge in [0.15, 0.2) is 0 Å². The van der Waals surface area contributed by atoms with Crippen molar-refractivity contribution in [3.05, 3.63) is 11.6 Å². The van der Waals surface area contributed by atoms with E-state index in [1.807, 2.05) is 5.57 Å². The van der Waals surface area contributed by atoms with E-state index in [1.165, 1.54) is 57.8 Å². The summed E-state index contributed by atoms with van der Waals surface area (Å²) in [5, 5.41) is 0. The highest BCUT2D eigenvalue weighted by atomic mass is 14.4. The van der Waals surface area contributed by atoms with Crippen molar-refractivity contribution in [2.24, 2.45) is 35.5 Å². The van der Waals surface area contributed by atoms with E-state index in [4.69, 9.17) is 0 Å². The highest BCUT2D eigenvalue weighted by Crippen LogP contribution is 2.47. The van der Waals surface area contributed by atoms with E-state index in [9.17, 15) is 0 Å². The molecule has 0 aromatic heterocycles. The number of rotatable bonds is 4. The first-order valence-electron chi connectivity index (χ1n) is 10.5. The minimum Gasteiger partial charge on any atom is -0.0816 e. The highest BCUT2D eigenvalue weighted by molar-refractivity contribution is 5.16. The molecule has 0 radical (unpaired) electrons. The summed E-state index contributed by atoms with van der Waals surface area (Å²) in [6.07, 6.45) is 22.6. The van der Waals surface area contributed by atoms with E-state index in [2.05, 4.69) is 13.0 Å². The van der Waals surface area contributed by atoms with Crippen LogP contribution in [0.15, 0.2) is 11.6 Å². The van der Waals surface area contributed by atoms with Gasteiger partial charge in [0.1, 0.15) is 0 Å². The Morgan fingerprint density at radius 2 is 1.64 bits per heavy atom. The summed E-state index contributed by atoms with van der Waals surface area (Å²) in [5.74, 6) is 6.23. The highest BCUT2D eigenvalue weighted by Gasteiger charge is 2.35. The van der Waals surface area contributed by atoms with E-state index >= 15 is 0 Å². The Labute approximate surface area is 138 Å². The Morgan fingerprint density at radius 1 is 0.864 bits per heavy atom. The molecule has 0 nitrogen and oxygen atoms in total. The van der Waals surface area contributed by atoms with E-state index in [0.29, 0.717) is 0 Å². The van der Waals surface area contributed by atoms with Crippen LogP contribution in [0.25, 0.3) is 0 Å². The molecule has 4 aliphatic carbocycles. The lowest BCUT2D eigenvalue weighted by atomic mass is 9.87. The molecule has 0 heterocycles. The SMILES string of the molecule is CC1CCC(CC2CCC(C3C=C(C4CCCC4)CC3)C2)C1. The van der Waals surface area contributed by atoms with Crippen LogP contribution in [0.5, 0.6) is 0 Å². The summed E-state index contributed by atoms with van der Waals surface area (Å²) in [7, 11) is 0.